The quantitative estimate of drug-likeness (QED) is 0.118. The fourth-order valence-corrected chi connectivity index (χ4v) is 7.05. The number of amides is 2. The first-order valence-electron chi connectivity index (χ1n) is 10.9. The maximum atomic E-state index is 13.0. The van der Waals surface area contributed by atoms with Crippen LogP contribution in [0.4, 0.5) is 5.13 Å². The molecule has 0 bridgehead atoms. The van der Waals surface area contributed by atoms with Crippen LogP contribution in [-0.2, 0) is 19.2 Å². The van der Waals surface area contributed by atoms with Gasteiger partial charge >= 0.3 is 29.6 Å². The van der Waals surface area contributed by atoms with Crippen LogP contribution < -0.4 is 51.0 Å². The number of hydrogen-bond donors (Lipinski definition) is 3. The number of oxime groups is 1. The fraction of sp³-hybridized carbons (Fsp3) is 0.333. The number of nitrogens with two attached hydrogens (primary N) is 1. The Hall–Kier alpha value is -2.50. The summed E-state index contributed by atoms with van der Waals surface area (Å²) in [6.45, 7) is 1.92. The number of aromatic nitrogens is 1. The van der Waals surface area contributed by atoms with Crippen molar-refractivity contribution in [3.63, 3.8) is 0 Å². The number of β-lactam (4-membered cyclic amide) rings is 1. The molecule has 3 atom stereocenters. The molecule has 1 aromatic heterocycles. The van der Waals surface area contributed by atoms with Gasteiger partial charge in [0, 0.05) is 35.5 Å². The summed E-state index contributed by atoms with van der Waals surface area (Å²) in [5.41, 5.74) is 6.10. The molecule has 0 aliphatic carbocycles. The molecule has 0 radical (unpaired) electrons. The van der Waals surface area contributed by atoms with Crippen LogP contribution in [0.3, 0.4) is 0 Å². The Morgan fingerprint density at radius 1 is 1.45 bits per heavy atom. The Morgan fingerprint density at radius 2 is 2.24 bits per heavy atom. The van der Waals surface area contributed by atoms with E-state index in [1.165, 1.54) is 35.5 Å². The van der Waals surface area contributed by atoms with Crippen molar-refractivity contribution < 1.29 is 53.9 Å². The van der Waals surface area contributed by atoms with Gasteiger partial charge in [0.05, 0.1) is 11.7 Å². The average Bonchev–Trinajstić information content (AvgIpc) is 3.51. The van der Waals surface area contributed by atoms with E-state index in [2.05, 4.69) is 25.8 Å². The number of thioether (sulfide) groups is 2. The van der Waals surface area contributed by atoms with Crippen molar-refractivity contribution in [2.24, 2.45) is 10.1 Å². The summed E-state index contributed by atoms with van der Waals surface area (Å²) in [4.78, 5) is 53.9. The van der Waals surface area contributed by atoms with E-state index in [0.29, 0.717) is 23.0 Å². The van der Waals surface area contributed by atoms with E-state index < -0.39 is 34.1 Å². The van der Waals surface area contributed by atoms with Gasteiger partial charge in [-0.1, -0.05) is 5.16 Å². The Morgan fingerprint density at radius 3 is 2.92 bits per heavy atom. The normalized spacial score (nSPS) is 25.6. The molecule has 1 fully saturated rings. The number of rotatable bonds is 8. The van der Waals surface area contributed by atoms with Gasteiger partial charge < -0.3 is 31.1 Å². The van der Waals surface area contributed by atoms with Crippen LogP contribution in [0.1, 0.15) is 12.6 Å². The number of nitrogen functional groups attached to an aromatic ring is 1. The van der Waals surface area contributed by atoms with Gasteiger partial charge in [-0.15, -0.1) is 34.9 Å². The molecule has 0 saturated carbocycles. The van der Waals surface area contributed by atoms with Crippen LogP contribution in [0.5, 0.6) is 0 Å². The van der Waals surface area contributed by atoms with E-state index in [0.717, 1.165) is 11.3 Å². The van der Waals surface area contributed by atoms with Gasteiger partial charge in [0.25, 0.3) is 11.8 Å². The Bertz CT molecular complexity index is 1330. The van der Waals surface area contributed by atoms with Gasteiger partial charge in [-0.3, -0.25) is 19.4 Å². The molecule has 0 aromatic carbocycles. The van der Waals surface area contributed by atoms with E-state index in [1.807, 2.05) is 30.3 Å². The number of aliphatic imine (C=N–C) groups is 1. The van der Waals surface area contributed by atoms with E-state index in [9.17, 15) is 19.5 Å². The molecule has 13 nitrogen and oxygen atoms in total. The molecule has 38 heavy (non-hydrogen) atoms. The number of hydrogen-bond acceptors (Lipinski definition) is 14. The molecule has 1 saturated heterocycles. The first-order valence-corrected chi connectivity index (χ1v) is 13.8. The van der Waals surface area contributed by atoms with Crippen molar-refractivity contribution in [1.29, 1.82) is 0 Å². The van der Waals surface area contributed by atoms with E-state index in [-0.39, 0.29) is 51.8 Å². The monoisotopic (exact) mass is 584 g/mol. The van der Waals surface area contributed by atoms with Crippen molar-refractivity contribution in [2.75, 3.05) is 24.3 Å². The first-order chi connectivity index (χ1) is 17.7. The molecule has 4 aliphatic heterocycles. The summed E-state index contributed by atoms with van der Waals surface area (Å²) in [7, 11) is 1.28. The number of carboxylic acid groups (broad SMARTS) is 1. The van der Waals surface area contributed by atoms with Crippen molar-refractivity contribution in [3.8, 4) is 0 Å². The number of nitrogens with one attached hydrogen (secondary N) is 2. The zero-order valence-electron chi connectivity index (χ0n) is 20.5. The molecule has 1 aromatic rings. The molecule has 4 aliphatic rings. The minimum Gasteiger partial charge on any atom is -0.543 e. The summed E-state index contributed by atoms with van der Waals surface area (Å²) in [5.74, 6) is -1.33. The SMILES string of the molecule is CO/N=C(\C(=O)N[C@@H]1C(=O)N2C(C(=O)[O-])=C(CSC3(C)C=CN4C=CNC4=N3)CS[C@H]12)c1csc(N)n1.[Na+]. The molecule has 5 rings (SSSR count). The van der Waals surface area contributed by atoms with Crippen molar-refractivity contribution in [2.45, 2.75) is 23.2 Å². The Kier molecular flexibility index (Phi) is 8.49. The zero-order chi connectivity index (χ0) is 26.3. The standard InChI is InChI=1S/C21H22N8O5S3.Na/c1-21(3-5-28-6-4-23-20(28)26-21)37-8-10-7-35-17-13(16(31)29(17)14(10)18(32)33)25-15(30)12(27-34-2)11-9-36-19(22)24-11;/h3-6,9,13,17H,7-8H2,1-2H3,(H2,22,24)(H,23,26)(H,25,30)(H,32,33);/q;+1/p-1/b27-12-;/t13-,17-,21?;/m1./s1. The van der Waals surface area contributed by atoms with Gasteiger partial charge in [-0.05, 0) is 18.6 Å². The van der Waals surface area contributed by atoms with Gasteiger partial charge in [0.15, 0.2) is 10.8 Å². The Labute approximate surface area is 252 Å². The topological polar surface area (TPSA) is 178 Å². The molecule has 5 heterocycles. The third-order valence-electron chi connectivity index (χ3n) is 5.79. The van der Waals surface area contributed by atoms with Crippen molar-refractivity contribution >= 4 is 69.4 Å². The van der Waals surface area contributed by atoms with Crippen molar-refractivity contribution in [1.82, 2.24) is 25.4 Å². The maximum Gasteiger partial charge on any atom is 1.00 e. The van der Waals surface area contributed by atoms with E-state index >= 15 is 0 Å². The van der Waals surface area contributed by atoms with Gasteiger partial charge in [0.1, 0.15) is 29.1 Å². The maximum absolute atomic E-state index is 13.0. The second-order valence-corrected chi connectivity index (χ2v) is 11.7. The van der Waals surface area contributed by atoms with Crippen LogP contribution in [-0.4, -0.2) is 79.1 Å². The molecule has 2 amide bonds. The minimum atomic E-state index is -1.44. The van der Waals surface area contributed by atoms with Gasteiger partial charge in [-0.2, -0.15) is 0 Å². The number of carbonyl (C=O) groups is 3. The summed E-state index contributed by atoms with van der Waals surface area (Å²) in [6, 6.07) is -0.948. The van der Waals surface area contributed by atoms with Crippen LogP contribution in [0.25, 0.3) is 0 Å². The Balaban J connectivity index is 0.00000336. The predicted molar refractivity (Wildman–Crippen MR) is 139 cm³/mol. The summed E-state index contributed by atoms with van der Waals surface area (Å²) < 4.78 is 0. The third kappa shape index (κ3) is 5.33. The molecule has 4 N–H and O–H groups in total. The first kappa shape index (κ1) is 28.5. The number of fused-ring (bicyclic) bond motifs is 2. The van der Waals surface area contributed by atoms with Crippen molar-refractivity contribution in [3.05, 3.63) is 47.0 Å². The number of carbonyl (C=O) groups excluding carboxylic acids is 3. The number of carboxylic acids is 1. The molecule has 1 unspecified atom stereocenters. The van der Waals surface area contributed by atoms with E-state index in [1.54, 1.807) is 11.6 Å². The average molecular weight is 585 g/mol. The second-order valence-electron chi connectivity index (χ2n) is 8.26. The van der Waals surface area contributed by atoms with Crippen LogP contribution in [0.15, 0.2) is 51.5 Å². The number of thiazole rings is 1. The molecule has 0 spiro atoms. The molecule has 194 valence electrons. The predicted octanol–water partition coefficient (Wildman–Crippen LogP) is -3.81. The van der Waals surface area contributed by atoms with Crippen LogP contribution >= 0.6 is 34.9 Å². The molecular formula is C21H21N8NaO5S3. The smallest absolute Gasteiger partial charge is 0.543 e. The summed E-state index contributed by atoms with van der Waals surface area (Å²) >= 11 is 3.93. The number of anilines is 1. The van der Waals surface area contributed by atoms with Crippen LogP contribution in [0, 0.1) is 0 Å². The molecular weight excluding hydrogens is 563 g/mol. The fourth-order valence-electron chi connectivity index (χ4n) is 4.01. The van der Waals surface area contributed by atoms with Gasteiger partial charge in [-0.25, -0.2) is 9.98 Å². The third-order valence-corrected chi connectivity index (χ3v) is 9.11. The van der Waals surface area contributed by atoms with Crippen LogP contribution in [0.2, 0.25) is 0 Å². The summed E-state index contributed by atoms with van der Waals surface area (Å²) in [5, 5.41) is 22.7. The molecule has 17 heteroatoms. The minimum absolute atomic E-state index is 0. The second kappa shape index (κ2) is 11.3. The number of guanidine groups is 1. The number of nitrogens with zero attached hydrogens (tertiary/aromatic N) is 5. The largest absolute Gasteiger partial charge is 1.00 e. The summed E-state index contributed by atoms with van der Waals surface area (Å²) in [6.07, 6.45) is 7.43. The zero-order valence-corrected chi connectivity index (χ0v) is 25.0. The van der Waals surface area contributed by atoms with Gasteiger partial charge in [0.2, 0.25) is 5.96 Å². The number of aliphatic carboxylic acids is 1. The van der Waals surface area contributed by atoms with E-state index in [4.69, 9.17) is 10.6 Å².